The number of halogens is 1. The van der Waals surface area contributed by atoms with E-state index in [1.54, 1.807) is 43.5 Å². The van der Waals surface area contributed by atoms with E-state index in [0.29, 0.717) is 27.5 Å². The number of rotatable bonds is 3. The maximum absolute atomic E-state index is 15.0. The van der Waals surface area contributed by atoms with Gasteiger partial charge in [0.2, 0.25) is 11.8 Å². The Labute approximate surface area is 295 Å². The number of aryl methyl sites for hydroxylation is 2. The second-order valence-corrected chi connectivity index (χ2v) is 15.6. The largest absolute Gasteiger partial charge is 0.507 e. The molecule has 0 radical (unpaired) electrons. The summed E-state index contributed by atoms with van der Waals surface area (Å²) in [6.45, 7) is 3.77. The molecule has 252 valence electrons. The number of allylic oxidation sites excluding steroid dienone is 2. The third-order valence-electron chi connectivity index (χ3n) is 11.7. The van der Waals surface area contributed by atoms with E-state index in [0.717, 1.165) is 31.5 Å². The van der Waals surface area contributed by atoms with Gasteiger partial charge in [0.25, 0.3) is 11.8 Å². The van der Waals surface area contributed by atoms with Gasteiger partial charge in [0.15, 0.2) is 0 Å². The second kappa shape index (κ2) is 10.6. The third kappa shape index (κ3) is 3.96. The normalized spacial score (nSPS) is 27.7. The third-order valence-corrected chi connectivity index (χ3v) is 13.2. The summed E-state index contributed by atoms with van der Waals surface area (Å²) in [6.07, 6.45) is 2.21. The molecule has 2 aromatic heterocycles. The molecular formula is C38H31ClN4O6S. The van der Waals surface area contributed by atoms with Gasteiger partial charge in [-0.05, 0) is 67.1 Å². The van der Waals surface area contributed by atoms with Crippen molar-refractivity contribution in [2.24, 2.45) is 36.1 Å². The van der Waals surface area contributed by atoms with E-state index in [1.807, 2.05) is 55.5 Å². The van der Waals surface area contributed by atoms with Gasteiger partial charge >= 0.3 is 0 Å². The van der Waals surface area contributed by atoms with Crippen LogP contribution >= 0.6 is 22.9 Å². The molecule has 6 unspecified atom stereocenters. The lowest BCUT2D eigenvalue weighted by Crippen LogP contribution is -2.48. The zero-order chi connectivity index (χ0) is 35.0. The van der Waals surface area contributed by atoms with Crippen LogP contribution in [0.5, 0.6) is 5.75 Å². The van der Waals surface area contributed by atoms with Crippen molar-refractivity contribution in [2.75, 3.05) is 4.90 Å². The molecular weight excluding hydrogens is 676 g/mol. The highest BCUT2D eigenvalue weighted by molar-refractivity contribution is 7.22. The molecule has 12 heteroatoms. The molecule has 10 nitrogen and oxygen atoms in total. The van der Waals surface area contributed by atoms with Gasteiger partial charge in [-0.3, -0.25) is 29.1 Å². The molecule has 2 aliphatic heterocycles. The number of imide groups is 2. The van der Waals surface area contributed by atoms with Gasteiger partial charge in [0.1, 0.15) is 17.3 Å². The molecule has 4 aliphatic rings. The number of hydrogen-bond acceptors (Lipinski definition) is 8. The topological polar surface area (TPSA) is 133 Å². The van der Waals surface area contributed by atoms with Crippen molar-refractivity contribution in [1.29, 1.82) is 0 Å². The molecule has 1 saturated carbocycles. The van der Waals surface area contributed by atoms with Crippen LogP contribution in [0, 0.1) is 36.0 Å². The van der Waals surface area contributed by atoms with E-state index in [1.165, 1.54) is 9.58 Å². The Morgan fingerprint density at radius 2 is 1.74 bits per heavy atom. The standard InChI is InChI=1S/C38H31ClN4O6S/c1-17-24-14-19(39)9-13-28(24)50-33(17)27-16-29(41(3)40-27)42-35(46)26-15-25-21(11-12-22-30(25)36(47)43(49)34(22)45)31(38(26,2)37(42)48)23-10-8-18-6-4-5-7-20(18)32(23)44/h4-11,13-14,16,22,25-26,30-31,44,49H,12,15H2,1-3H3. The summed E-state index contributed by atoms with van der Waals surface area (Å²) in [5, 5.41) is 30.2. The van der Waals surface area contributed by atoms with E-state index in [4.69, 9.17) is 16.7 Å². The Hall–Kier alpha value is -4.84. The number of benzene rings is 3. The summed E-state index contributed by atoms with van der Waals surface area (Å²) < 4.78 is 2.57. The van der Waals surface area contributed by atoms with Gasteiger partial charge in [-0.1, -0.05) is 59.6 Å². The summed E-state index contributed by atoms with van der Waals surface area (Å²) in [5.41, 5.74) is 1.43. The van der Waals surface area contributed by atoms with Gasteiger partial charge in [-0.2, -0.15) is 10.2 Å². The summed E-state index contributed by atoms with van der Waals surface area (Å²) >= 11 is 7.84. The van der Waals surface area contributed by atoms with Crippen LogP contribution < -0.4 is 4.90 Å². The van der Waals surface area contributed by atoms with Gasteiger partial charge in [-0.15, -0.1) is 11.3 Å². The number of carbonyl (C=O) groups is 4. The average Bonchev–Trinajstić information content (AvgIpc) is 3.76. The number of thiophene rings is 1. The number of carbonyl (C=O) groups excluding carboxylic acids is 4. The smallest absolute Gasteiger partial charge is 0.257 e. The number of aromatic nitrogens is 2. The number of phenolic OH excluding ortho intramolecular Hbond substituents is 1. The van der Waals surface area contributed by atoms with Crippen molar-refractivity contribution in [2.45, 2.75) is 32.6 Å². The highest BCUT2D eigenvalue weighted by Gasteiger charge is 2.68. The van der Waals surface area contributed by atoms with Crippen molar-refractivity contribution >= 4 is 73.2 Å². The Morgan fingerprint density at radius 1 is 0.960 bits per heavy atom. The minimum absolute atomic E-state index is 0.00350. The van der Waals surface area contributed by atoms with Crippen LogP contribution in [0.25, 0.3) is 31.4 Å². The fraction of sp³-hybridized carbons (Fsp3) is 0.289. The number of aromatic hydroxyl groups is 1. The predicted molar refractivity (Wildman–Crippen MR) is 188 cm³/mol. The Balaban J connectivity index is 1.20. The van der Waals surface area contributed by atoms with Crippen LogP contribution in [-0.2, 0) is 26.2 Å². The lowest BCUT2D eigenvalue weighted by atomic mass is 9.51. The summed E-state index contributed by atoms with van der Waals surface area (Å²) in [5.74, 6) is -5.87. The van der Waals surface area contributed by atoms with Gasteiger partial charge in [-0.25, -0.2) is 4.90 Å². The highest BCUT2D eigenvalue weighted by Crippen LogP contribution is 2.64. The molecule has 2 saturated heterocycles. The fourth-order valence-corrected chi connectivity index (χ4v) is 10.6. The molecule has 9 rings (SSSR count). The number of amides is 4. The van der Waals surface area contributed by atoms with Crippen LogP contribution in [0.15, 0.2) is 72.3 Å². The van der Waals surface area contributed by atoms with Gasteiger partial charge in [0.05, 0.1) is 28.0 Å². The molecule has 4 heterocycles. The Bertz CT molecular complexity index is 2410. The monoisotopic (exact) mass is 706 g/mol. The van der Waals surface area contributed by atoms with Crippen molar-refractivity contribution in [3.05, 3.63) is 88.5 Å². The Kier molecular flexibility index (Phi) is 6.60. The van der Waals surface area contributed by atoms with E-state index in [9.17, 15) is 24.7 Å². The SMILES string of the molecule is Cc1c(-c2cc(N3C(=O)C4CC5C(=CCC6C(=O)N(O)C(=O)C65)C(c5ccc6ccccc6c5O)C4(C)C3=O)n(C)n2)sc2ccc(Cl)cc12. The zero-order valence-electron chi connectivity index (χ0n) is 27.3. The number of fused-ring (bicyclic) bond motifs is 6. The first kappa shape index (κ1) is 31.2. The van der Waals surface area contributed by atoms with E-state index >= 15 is 4.79 Å². The molecule has 2 N–H and O–H groups in total. The molecule has 0 spiro atoms. The van der Waals surface area contributed by atoms with E-state index < -0.39 is 58.6 Å². The van der Waals surface area contributed by atoms with Crippen LogP contribution in [-0.4, -0.2) is 48.8 Å². The van der Waals surface area contributed by atoms with Crippen LogP contribution in [0.4, 0.5) is 5.82 Å². The maximum Gasteiger partial charge on any atom is 0.257 e. The number of nitrogens with zero attached hydrogens (tertiary/aromatic N) is 4. The molecule has 5 aromatic rings. The van der Waals surface area contributed by atoms with Gasteiger partial charge < -0.3 is 5.11 Å². The average molecular weight is 707 g/mol. The van der Waals surface area contributed by atoms with Crippen LogP contribution in [0.1, 0.15) is 36.8 Å². The lowest BCUT2D eigenvalue weighted by Gasteiger charge is -2.49. The van der Waals surface area contributed by atoms with E-state index in [-0.39, 0.29) is 23.7 Å². The first-order chi connectivity index (χ1) is 23.9. The molecule has 0 bridgehead atoms. The van der Waals surface area contributed by atoms with Crippen molar-refractivity contribution in [1.82, 2.24) is 14.8 Å². The van der Waals surface area contributed by atoms with Crippen LogP contribution in [0.2, 0.25) is 5.02 Å². The molecule has 4 amide bonds. The van der Waals surface area contributed by atoms with Crippen molar-refractivity contribution in [3.8, 4) is 16.3 Å². The van der Waals surface area contributed by atoms with Gasteiger partial charge in [0, 0.05) is 39.7 Å². The van der Waals surface area contributed by atoms with Crippen LogP contribution in [0.3, 0.4) is 0 Å². The first-order valence-electron chi connectivity index (χ1n) is 16.5. The van der Waals surface area contributed by atoms with E-state index in [2.05, 4.69) is 0 Å². The molecule has 6 atom stereocenters. The van der Waals surface area contributed by atoms with Crippen molar-refractivity contribution in [3.63, 3.8) is 0 Å². The fourth-order valence-electron chi connectivity index (χ4n) is 9.28. The summed E-state index contributed by atoms with van der Waals surface area (Å²) in [4.78, 5) is 58.1. The number of anilines is 1. The number of hydroxylamine groups is 2. The predicted octanol–water partition coefficient (Wildman–Crippen LogP) is 6.74. The minimum atomic E-state index is -1.36. The molecule has 3 aromatic carbocycles. The van der Waals surface area contributed by atoms with Crippen molar-refractivity contribution < 1.29 is 29.5 Å². The quantitative estimate of drug-likeness (QED) is 0.121. The molecule has 2 aliphatic carbocycles. The number of hydrogen-bond donors (Lipinski definition) is 2. The summed E-state index contributed by atoms with van der Waals surface area (Å²) in [6, 6.07) is 18.5. The first-order valence-corrected chi connectivity index (χ1v) is 17.7. The maximum atomic E-state index is 15.0. The minimum Gasteiger partial charge on any atom is -0.507 e. The second-order valence-electron chi connectivity index (χ2n) is 14.1. The molecule has 50 heavy (non-hydrogen) atoms. The number of phenols is 1. The summed E-state index contributed by atoms with van der Waals surface area (Å²) in [7, 11) is 1.70. The Morgan fingerprint density at radius 3 is 2.54 bits per heavy atom. The lowest BCUT2D eigenvalue weighted by molar-refractivity contribution is -0.173. The zero-order valence-corrected chi connectivity index (χ0v) is 28.8. The molecule has 3 fully saturated rings. The highest BCUT2D eigenvalue weighted by atomic mass is 35.5.